The Bertz CT molecular complexity index is 751. The molecule has 0 saturated heterocycles. The molecule has 21 heavy (non-hydrogen) atoms. The lowest BCUT2D eigenvalue weighted by atomic mass is 10.1. The van der Waals surface area contributed by atoms with Crippen molar-refractivity contribution < 1.29 is 4.79 Å². The van der Waals surface area contributed by atoms with Gasteiger partial charge in [0.2, 0.25) is 0 Å². The van der Waals surface area contributed by atoms with Gasteiger partial charge in [0.15, 0.2) is 0 Å². The van der Waals surface area contributed by atoms with Gasteiger partial charge in [0.1, 0.15) is 0 Å². The number of imidazole rings is 1. The lowest BCUT2D eigenvalue weighted by molar-refractivity contribution is 0.102. The number of anilines is 1. The summed E-state index contributed by atoms with van der Waals surface area (Å²) in [6.45, 7) is 0. The highest BCUT2D eigenvalue weighted by molar-refractivity contribution is 6.31. The second-order valence-corrected chi connectivity index (χ2v) is 4.94. The lowest BCUT2D eigenvalue weighted by Crippen LogP contribution is -2.11. The maximum absolute atomic E-state index is 12.1. The molecule has 0 aliphatic rings. The SMILES string of the molecule is O=C(Nc1ccc(-c2cnc[nH]2)cc1)c1cccc(Cl)c1. The molecule has 0 aliphatic carbocycles. The van der Waals surface area contributed by atoms with Crippen molar-refractivity contribution in [1.29, 1.82) is 0 Å². The summed E-state index contributed by atoms with van der Waals surface area (Å²) in [6, 6.07) is 14.4. The van der Waals surface area contributed by atoms with Crippen LogP contribution in [0.3, 0.4) is 0 Å². The molecular formula is C16H12ClN3O. The number of benzene rings is 2. The van der Waals surface area contributed by atoms with Crippen LogP contribution in [0.2, 0.25) is 5.02 Å². The number of aromatic nitrogens is 2. The molecule has 0 saturated carbocycles. The summed E-state index contributed by atoms with van der Waals surface area (Å²) in [5, 5.41) is 3.37. The van der Waals surface area contributed by atoms with Crippen molar-refractivity contribution in [2.75, 3.05) is 5.32 Å². The van der Waals surface area contributed by atoms with E-state index >= 15 is 0 Å². The number of hydrogen-bond donors (Lipinski definition) is 2. The number of nitrogens with one attached hydrogen (secondary N) is 2. The third kappa shape index (κ3) is 3.12. The van der Waals surface area contributed by atoms with Crippen LogP contribution >= 0.6 is 11.6 Å². The molecular weight excluding hydrogens is 286 g/mol. The second-order valence-electron chi connectivity index (χ2n) is 4.51. The number of nitrogens with zero attached hydrogens (tertiary/aromatic N) is 1. The molecule has 5 heteroatoms. The molecule has 104 valence electrons. The Hall–Kier alpha value is -2.59. The highest BCUT2D eigenvalue weighted by Crippen LogP contribution is 2.19. The first-order valence-electron chi connectivity index (χ1n) is 6.38. The highest BCUT2D eigenvalue weighted by atomic mass is 35.5. The largest absolute Gasteiger partial charge is 0.345 e. The second kappa shape index (κ2) is 5.81. The van der Waals surface area contributed by atoms with E-state index in [2.05, 4.69) is 15.3 Å². The average molecular weight is 298 g/mol. The predicted octanol–water partition coefficient (Wildman–Crippen LogP) is 3.98. The first-order valence-corrected chi connectivity index (χ1v) is 6.76. The van der Waals surface area contributed by atoms with Crippen LogP contribution in [-0.2, 0) is 0 Å². The van der Waals surface area contributed by atoms with Gasteiger partial charge in [0.25, 0.3) is 5.91 Å². The molecule has 0 unspecified atom stereocenters. The zero-order valence-electron chi connectivity index (χ0n) is 11.0. The van der Waals surface area contributed by atoms with Crippen LogP contribution < -0.4 is 5.32 Å². The van der Waals surface area contributed by atoms with Crippen molar-refractivity contribution in [3.63, 3.8) is 0 Å². The van der Waals surface area contributed by atoms with Crippen LogP contribution in [0, 0.1) is 0 Å². The van der Waals surface area contributed by atoms with E-state index in [1.54, 1.807) is 36.8 Å². The van der Waals surface area contributed by atoms with Gasteiger partial charge in [-0.1, -0.05) is 29.8 Å². The molecule has 0 radical (unpaired) electrons. The molecule has 1 aromatic heterocycles. The smallest absolute Gasteiger partial charge is 0.255 e. The van der Waals surface area contributed by atoms with Gasteiger partial charge in [0.05, 0.1) is 18.2 Å². The van der Waals surface area contributed by atoms with Crippen molar-refractivity contribution in [2.45, 2.75) is 0 Å². The Labute approximate surface area is 126 Å². The zero-order chi connectivity index (χ0) is 14.7. The Morgan fingerprint density at radius 2 is 1.95 bits per heavy atom. The Morgan fingerprint density at radius 3 is 2.62 bits per heavy atom. The number of halogens is 1. The first-order chi connectivity index (χ1) is 10.2. The van der Waals surface area contributed by atoms with E-state index < -0.39 is 0 Å². The van der Waals surface area contributed by atoms with Crippen molar-refractivity contribution in [3.05, 3.63) is 71.6 Å². The number of carbonyl (C=O) groups excluding carboxylic acids is 1. The third-order valence-electron chi connectivity index (χ3n) is 3.04. The molecule has 1 heterocycles. The van der Waals surface area contributed by atoms with E-state index in [0.717, 1.165) is 16.9 Å². The molecule has 0 aliphatic heterocycles. The van der Waals surface area contributed by atoms with Crippen molar-refractivity contribution >= 4 is 23.2 Å². The summed E-state index contributed by atoms with van der Waals surface area (Å²) < 4.78 is 0. The van der Waals surface area contributed by atoms with Crippen molar-refractivity contribution in [2.24, 2.45) is 0 Å². The Balaban J connectivity index is 1.75. The molecule has 2 N–H and O–H groups in total. The van der Waals surface area contributed by atoms with Crippen molar-refractivity contribution in [3.8, 4) is 11.3 Å². The van der Waals surface area contributed by atoms with Gasteiger partial charge in [-0.15, -0.1) is 0 Å². The number of carbonyl (C=O) groups is 1. The molecule has 0 atom stereocenters. The number of amides is 1. The average Bonchev–Trinajstić information content (AvgIpc) is 3.02. The maximum atomic E-state index is 12.1. The van der Waals surface area contributed by atoms with Crippen LogP contribution in [0.15, 0.2) is 61.1 Å². The van der Waals surface area contributed by atoms with Crippen molar-refractivity contribution in [1.82, 2.24) is 9.97 Å². The molecule has 0 bridgehead atoms. The van der Waals surface area contributed by atoms with E-state index in [1.807, 2.05) is 24.3 Å². The van der Waals surface area contributed by atoms with E-state index in [1.165, 1.54) is 0 Å². The summed E-state index contributed by atoms with van der Waals surface area (Å²) in [4.78, 5) is 19.1. The lowest BCUT2D eigenvalue weighted by Gasteiger charge is -2.06. The third-order valence-corrected chi connectivity index (χ3v) is 3.27. The minimum Gasteiger partial charge on any atom is -0.345 e. The maximum Gasteiger partial charge on any atom is 0.255 e. The monoisotopic (exact) mass is 297 g/mol. The summed E-state index contributed by atoms with van der Waals surface area (Å²) in [5.41, 5.74) is 3.19. The molecule has 1 amide bonds. The summed E-state index contributed by atoms with van der Waals surface area (Å²) in [5.74, 6) is -0.188. The summed E-state index contributed by atoms with van der Waals surface area (Å²) in [7, 11) is 0. The predicted molar refractivity (Wildman–Crippen MR) is 83.4 cm³/mol. The fourth-order valence-electron chi connectivity index (χ4n) is 1.98. The van der Waals surface area contributed by atoms with Gasteiger partial charge in [-0.25, -0.2) is 4.98 Å². The number of H-pyrrole nitrogens is 1. The van der Waals surface area contributed by atoms with Gasteiger partial charge in [0, 0.05) is 16.3 Å². The molecule has 3 rings (SSSR count). The normalized spacial score (nSPS) is 10.3. The topological polar surface area (TPSA) is 57.8 Å². The molecule has 0 spiro atoms. The molecule has 3 aromatic rings. The van der Waals surface area contributed by atoms with Gasteiger partial charge in [-0.3, -0.25) is 4.79 Å². The zero-order valence-corrected chi connectivity index (χ0v) is 11.8. The summed E-state index contributed by atoms with van der Waals surface area (Å²) >= 11 is 5.88. The van der Waals surface area contributed by atoms with E-state index in [9.17, 15) is 4.79 Å². The standard InChI is InChI=1S/C16H12ClN3O/c17-13-3-1-2-12(8-13)16(21)20-14-6-4-11(5-7-14)15-9-18-10-19-15/h1-10H,(H,18,19)(H,20,21). The van der Waals surface area contributed by atoms with E-state index in [0.29, 0.717) is 10.6 Å². The van der Waals surface area contributed by atoms with Crippen LogP contribution in [0.25, 0.3) is 11.3 Å². The minimum atomic E-state index is -0.188. The molecule has 0 fully saturated rings. The van der Waals surface area contributed by atoms with Crippen LogP contribution in [0.5, 0.6) is 0 Å². The van der Waals surface area contributed by atoms with Gasteiger partial charge in [-0.05, 0) is 35.9 Å². The number of aromatic amines is 1. The van der Waals surface area contributed by atoms with Gasteiger partial charge < -0.3 is 10.3 Å². The number of hydrogen-bond acceptors (Lipinski definition) is 2. The van der Waals surface area contributed by atoms with E-state index in [-0.39, 0.29) is 5.91 Å². The molecule has 2 aromatic carbocycles. The highest BCUT2D eigenvalue weighted by Gasteiger charge is 2.06. The van der Waals surface area contributed by atoms with Crippen LogP contribution in [0.4, 0.5) is 5.69 Å². The van der Waals surface area contributed by atoms with E-state index in [4.69, 9.17) is 11.6 Å². The van der Waals surface area contributed by atoms with Gasteiger partial charge in [-0.2, -0.15) is 0 Å². The first kappa shape index (κ1) is 13.4. The summed E-state index contributed by atoms with van der Waals surface area (Å²) in [6.07, 6.45) is 3.38. The fourth-order valence-corrected chi connectivity index (χ4v) is 2.17. The number of rotatable bonds is 3. The fraction of sp³-hybridized carbons (Fsp3) is 0. The Morgan fingerprint density at radius 1 is 1.14 bits per heavy atom. The Kier molecular flexibility index (Phi) is 3.71. The van der Waals surface area contributed by atoms with Crippen LogP contribution in [-0.4, -0.2) is 15.9 Å². The quantitative estimate of drug-likeness (QED) is 0.768. The molecule has 4 nitrogen and oxygen atoms in total. The van der Waals surface area contributed by atoms with Gasteiger partial charge >= 0.3 is 0 Å². The van der Waals surface area contributed by atoms with Crippen LogP contribution in [0.1, 0.15) is 10.4 Å². The minimum absolute atomic E-state index is 0.188.